The van der Waals surface area contributed by atoms with E-state index in [0.717, 1.165) is 0 Å². The largest absolute Gasteiger partial charge is 0.508 e. The summed E-state index contributed by atoms with van der Waals surface area (Å²) >= 11 is 0. The highest BCUT2D eigenvalue weighted by Gasteiger charge is 2.34. The maximum Gasteiger partial charge on any atom is 0.291 e. The van der Waals surface area contributed by atoms with E-state index in [4.69, 9.17) is 4.42 Å². The molecule has 1 aromatic heterocycles. The van der Waals surface area contributed by atoms with Gasteiger partial charge in [-0.2, -0.15) is 0 Å². The van der Waals surface area contributed by atoms with Gasteiger partial charge in [0, 0.05) is 10.8 Å². The van der Waals surface area contributed by atoms with Crippen molar-refractivity contribution >= 4 is 22.7 Å². The highest BCUT2D eigenvalue weighted by molar-refractivity contribution is 6.65. The van der Waals surface area contributed by atoms with E-state index >= 15 is 0 Å². The van der Waals surface area contributed by atoms with E-state index in [1.54, 1.807) is 42.5 Å². The third kappa shape index (κ3) is 2.97. The summed E-state index contributed by atoms with van der Waals surface area (Å²) in [6.07, 6.45) is 0. The van der Waals surface area contributed by atoms with Crippen LogP contribution in [0.1, 0.15) is 11.1 Å². The Bertz CT molecular complexity index is 1490. The number of furan rings is 1. The molecule has 6 heteroatoms. The first-order valence-electron chi connectivity index (χ1n) is 9.79. The van der Waals surface area contributed by atoms with Gasteiger partial charge in [-0.25, -0.2) is 0 Å². The van der Waals surface area contributed by atoms with Gasteiger partial charge in [-0.15, -0.1) is 0 Å². The zero-order chi connectivity index (χ0) is 22.4. The van der Waals surface area contributed by atoms with Crippen LogP contribution in [0.5, 0.6) is 17.4 Å². The number of carbonyl (C=O) groups excluding carboxylic acids is 2. The van der Waals surface area contributed by atoms with Crippen LogP contribution in [0.15, 0.2) is 83.3 Å². The molecule has 4 aromatic rings. The Morgan fingerprint density at radius 1 is 0.562 bits per heavy atom. The van der Waals surface area contributed by atoms with Crippen molar-refractivity contribution in [3.8, 4) is 28.6 Å². The van der Waals surface area contributed by atoms with Crippen molar-refractivity contribution < 1.29 is 29.3 Å². The molecule has 6 nitrogen and oxygen atoms in total. The Kier molecular flexibility index (Phi) is 4.41. The van der Waals surface area contributed by atoms with Crippen LogP contribution in [0.4, 0.5) is 0 Å². The third-order valence-corrected chi connectivity index (χ3v) is 5.40. The minimum absolute atomic E-state index is 0.00879. The summed E-state index contributed by atoms with van der Waals surface area (Å²) in [5.74, 6) is -1.90. The predicted octanol–water partition coefficient (Wildman–Crippen LogP) is 2.61. The summed E-state index contributed by atoms with van der Waals surface area (Å²) in [4.78, 5) is 26.6. The number of rotatable bonds is 3. The van der Waals surface area contributed by atoms with Gasteiger partial charge in [0.2, 0.25) is 11.6 Å². The molecule has 0 atom stereocenters. The van der Waals surface area contributed by atoms with Gasteiger partial charge >= 0.3 is 0 Å². The number of aromatic hydroxyl groups is 3. The quantitative estimate of drug-likeness (QED) is 0.437. The van der Waals surface area contributed by atoms with E-state index in [1.807, 2.05) is 0 Å². The van der Waals surface area contributed by atoms with Crippen molar-refractivity contribution in [2.45, 2.75) is 0 Å². The van der Waals surface area contributed by atoms with E-state index in [0.29, 0.717) is 16.7 Å². The molecule has 1 aliphatic carbocycles. The summed E-state index contributed by atoms with van der Waals surface area (Å²) in [5, 5.41) is 30.4. The van der Waals surface area contributed by atoms with Crippen LogP contribution in [0.25, 0.3) is 22.3 Å². The molecule has 156 valence electrons. The number of hydrogen-bond donors (Lipinski definition) is 3. The Morgan fingerprint density at radius 2 is 1.06 bits per heavy atom. The van der Waals surface area contributed by atoms with Crippen molar-refractivity contribution in [3.05, 3.63) is 101 Å². The number of Topliss-reactive ketones (excluding diaryl/α,β-unsaturated/α-hetero) is 2. The molecule has 0 radical (unpaired) electrons. The normalized spacial score (nSPS) is 13.4. The fraction of sp³-hybridized carbons (Fsp3) is 0. The second-order valence-corrected chi connectivity index (χ2v) is 7.35. The average Bonchev–Trinajstić information content (AvgIpc) is 3.13. The molecule has 0 saturated heterocycles. The molecule has 0 saturated carbocycles. The number of benzene rings is 3. The first-order chi connectivity index (χ1) is 15.5. The molecular formula is C26H16O6. The summed E-state index contributed by atoms with van der Waals surface area (Å²) < 4.78 is 5.70. The zero-order valence-electron chi connectivity index (χ0n) is 16.6. The van der Waals surface area contributed by atoms with Gasteiger partial charge in [0.15, 0.2) is 5.42 Å². The number of phenolic OH excluding ortho intramolecular Hbond substituents is 2. The second-order valence-electron chi connectivity index (χ2n) is 7.35. The first kappa shape index (κ1) is 19.4. The first-order valence-corrected chi connectivity index (χ1v) is 9.79. The third-order valence-electron chi connectivity index (χ3n) is 5.40. The van der Waals surface area contributed by atoms with E-state index < -0.39 is 17.5 Å². The van der Waals surface area contributed by atoms with Crippen LogP contribution in [0, 0.1) is 0 Å². The molecule has 0 spiro atoms. The Morgan fingerprint density at radius 3 is 1.66 bits per heavy atom. The fourth-order valence-corrected chi connectivity index (χ4v) is 3.94. The van der Waals surface area contributed by atoms with Crippen molar-refractivity contribution in [2.75, 3.05) is 0 Å². The molecule has 1 heterocycles. The fourth-order valence-electron chi connectivity index (χ4n) is 3.94. The van der Waals surface area contributed by atoms with Crippen molar-refractivity contribution in [3.63, 3.8) is 0 Å². The topological polar surface area (TPSA) is 108 Å². The molecule has 0 bridgehead atoms. The minimum atomic E-state index is -0.752. The van der Waals surface area contributed by atoms with Crippen molar-refractivity contribution in [1.82, 2.24) is 0 Å². The Labute approximate surface area is 181 Å². The predicted molar refractivity (Wildman–Crippen MR) is 116 cm³/mol. The molecule has 5 rings (SSSR count). The SMILES string of the molecule is O=C1C(=O)C(c2ccc(O)cc2)=c2c(-c3ccc(O)cc3)c(O)oc2=C1c1ccccc1. The lowest BCUT2D eigenvalue weighted by Crippen LogP contribution is -2.40. The van der Waals surface area contributed by atoms with Gasteiger partial charge in [0.25, 0.3) is 5.95 Å². The smallest absolute Gasteiger partial charge is 0.291 e. The van der Waals surface area contributed by atoms with E-state index in [-0.39, 0.29) is 38.8 Å². The maximum absolute atomic E-state index is 13.4. The molecule has 1 aliphatic rings. The molecule has 0 aliphatic heterocycles. The van der Waals surface area contributed by atoms with Crippen LogP contribution < -0.4 is 10.6 Å². The highest BCUT2D eigenvalue weighted by Crippen LogP contribution is 2.31. The monoisotopic (exact) mass is 424 g/mol. The number of ketones is 2. The van der Waals surface area contributed by atoms with Crippen molar-refractivity contribution in [2.24, 2.45) is 0 Å². The van der Waals surface area contributed by atoms with Gasteiger partial charge in [-0.05, 0) is 41.0 Å². The number of fused-ring (bicyclic) bond motifs is 1. The van der Waals surface area contributed by atoms with Crippen LogP contribution in [0.3, 0.4) is 0 Å². The van der Waals surface area contributed by atoms with Gasteiger partial charge in [-0.3, -0.25) is 9.59 Å². The number of hydrogen-bond acceptors (Lipinski definition) is 6. The molecular weight excluding hydrogens is 408 g/mol. The van der Waals surface area contributed by atoms with Gasteiger partial charge in [-0.1, -0.05) is 54.6 Å². The summed E-state index contributed by atoms with van der Waals surface area (Å²) in [5.41, 5.74) is 1.83. The van der Waals surface area contributed by atoms with E-state index in [2.05, 4.69) is 0 Å². The zero-order valence-corrected chi connectivity index (χ0v) is 16.6. The van der Waals surface area contributed by atoms with Crippen LogP contribution in [-0.2, 0) is 9.59 Å². The Balaban J connectivity index is 1.99. The highest BCUT2D eigenvalue weighted by atomic mass is 16.5. The average molecular weight is 424 g/mol. The lowest BCUT2D eigenvalue weighted by Gasteiger charge is -2.13. The lowest BCUT2D eigenvalue weighted by atomic mass is 9.85. The minimum Gasteiger partial charge on any atom is -0.508 e. The van der Waals surface area contributed by atoms with Crippen LogP contribution in [0.2, 0.25) is 0 Å². The molecule has 0 amide bonds. The van der Waals surface area contributed by atoms with Crippen LogP contribution in [-0.4, -0.2) is 26.9 Å². The summed E-state index contributed by atoms with van der Waals surface area (Å²) in [7, 11) is 0. The van der Waals surface area contributed by atoms with Gasteiger partial charge in [0.1, 0.15) is 11.5 Å². The van der Waals surface area contributed by atoms with E-state index in [1.165, 1.54) is 36.4 Å². The Hall–Kier alpha value is -4.58. The van der Waals surface area contributed by atoms with Gasteiger partial charge in [0.05, 0.1) is 11.1 Å². The molecule has 3 aromatic carbocycles. The van der Waals surface area contributed by atoms with Crippen molar-refractivity contribution in [1.29, 1.82) is 0 Å². The lowest BCUT2D eigenvalue weighted by molar-refractivity contribution is -0.130. The molecule has 32 heavy (non-hydrogen) atoms. The van der Waals surface area contributed by atoms with Gasteiger partial charge < -0.3 is 19.7 Å². The molecule has 3 N–H and O–H groups in total. The standard InChI is InChI=1S/C26H16O6/c27-17-10-6-15(7-11-17)19-22-20(16-8-12-18(28)13-9-16)26(31)32-25(22)21(24(30)23(19)29)14-4-2-1-3-5-14/h1-13,27-28,31H. The van der Waals surface area contributed by atoms with Crippen LogP contribution >= 0.6 is 0 Å². The number of carbonyl (C=O) groups is 2. The second kappa shape index (κ2) is 7.28. The summed E-state index contributed by atoms with van der Waals surface area (Å²) in [6, 6.07) is 20.6. The summed E-state index contributed by atoms with van der Waals surface area (Å²) in [6.45, 7) is 0. The molecule has 0 fully saturated rings. The molecule has 0 unspecified atom stereocenters. The maximum atomic E-state index is 13.4. The van der Waals surface area contributed by atoms with E-state index in [9.17, 15) is 24.9 Å². The number of phenols is 2.